The van der Waals surface area contributed by atoms with E-state index >= 15 is 0 Å². The number of carbonyl (C=O) groups excluding carboxylic acids is 2. The summed E-state index contributed by atoms with van der Waals surface area (Å²) < 4.78 is 17.4. The monoisotopic (exact) mass is 489 g/mol. The molecule has 6 nitrogen and oxygen atoms in total. The average Bonchev–Trinajstić information content (AvgIpc) is 3.30. The fourth-order valence-electron chi connectivity index (χ4n) is 3.47. The van der Waals surface area contributed by atoms with Crippen molar-refractivity contribution in [3.05, 3.63) is 57.6 Å². The lowest BCUT2D eigenvalue weighted by atomic mass is 10.1. The van der Waals surface area contributed by atoms with Gasteiger partial charge in [0.2, 0.25) is 0 Å². The summed E-state index contributed by atoms with van der Waals surface area (Å²) in [5.41, 5.74) is 2.27. The van der Waals surface area contributed by atoms with Crippen molar-refractivity contribution in [2.24, 2.45) is 0 Å². The van der Waals surface area contributed by atoms with Gasteiger partial charge in [0, 0.05) is 23.1 Å². The summed E-state index contributed by atoms with van der Waals surface area (Å²) in [5, 5.41) is 0. The van der Waals surface area contributed by atoms with Crippen LogP contribution in [0.3, 0.4) is 0 Å². The summed E-state index contributed by atoms with van der Waals surface area (Å²) in [6.07, 6.45) is 2.24. The molecule has 1 aliphatic rings. The third-order valence-electron chi connectivity index (χ3n) is 5.04. The summed E-state index contributed by atoms with van der Waals surface area (Å²) in [4.78, 5) is 26.7. The molecule has 1 fully saturated rings. The van der Waals surface area contributed by atoms with E-state index in [1.54, 1.807) is 18.2 Å². The molecule has 31 heavy (non-hydrogen) atoms. The topological polar surface area (TPSA) is 65.1 Å². The predicted octanol–water partition coefficient (Wildman–Crippen LogP) is 4.77. The Morgan fingerprint density at radius 1 is 0.968 bits per heavy atom. The molecule has 2 aromatic rings. The van der Waals surface area contributed by atoms with Crippen LogP contribution in [0.2, 0.25) is 0 Å². The predicted molar refractivity (Wildman–Crippen MR) is 122 cm³/mol. The number of ether oxygens (including phenoxy) is 3. The highest BCUT2D eigenvalue weighted by Crippen LogP contribution is 2.34. The van der Waals surface area contributed by atoms with Crippen molar-refractivity contribution in [3.8, 4) is 11.5 Å². The van der Waals surface area contributed by atoms with Crippen LogP contribution < -0.4 is 9.47 Å². The van der Waals surface area contributed by atoms with Gasteiger partial charge in [-0.05, 0) is 62.1 Å². The fraction of sp³-hybridized carbons (Fsp3) is 0.417. The molecule has 3 rings (SSSR count). The van der Waals surface area contributed by atoms with Crippen LogP contribution >= 0.6 is 15.9 Å². The van der Waals surface area contributed by atoms with E-state index in [0.29, 0.717) is 30.3 Å². The summed E-state index contributed by atoms with van der Waals surface area (Å²) in [6, 6.07) is 10.9. The SMILES string of the molecule is CCOc1cc(Br)c(CC(=O)OCc2ccc(C(=O)N3CCCC3)cc2)cc1OCC. The first-order valence-electron chi connectivity index (χ1n) is 10.6. The first-order chi connectivity index (χ1) is 15.0. The van der Waals surface area contributed by atoms with E-state index in [1.807, 2.05) is 36.9 Å². The zero-order valence-electron chi connectivity index (χ0n) is 18.0. The lowest BCUT2D eigenvalue weighted by molar-refractivity contribution is -0.144. The Labute approximate surface area is 191 Å². The van der Waals surface area contributed by atoms with Gasteiger partial charge in [0.25, 0.3) is 5.91 Å². The highest BCUT2D eigenvalue weighted by Gasteiger charge is 2.19. The van der Waals surface area contributed by atoms with Gasteiger partial charge in [0.05, 0.1) is 19.6 Å². The number of hydrogen-bond donors (Lipinski definition) is 0. The number of benzene rings is 2. The molecule has 0 aromatic heterocycles. The molecule has 2 aromatic carbocycles. The fourth-order valence-corrected chi connectivity index (χ4v) is 3.93. The Kier molecular flexibility index (Phi) is 8.35. The molecule has 0 aliphatic carbocycles. The quantitative estimate of drug-likeness (QED) is 0.474. The Morgan fingerprint density at radius 3 is 2.19 bits per heavy atom. The first kappa shape index (κ1) is 23.1. The second-order valence-electron chi connectivity index (χ2n) is 7.29. The van der Waals surface area contributed by atoms with Gasteiger partial charge in [-0.15, -0.1) is 0 Å². The largest absolute Gasteiger partial charge is 0.490 e. The lowest BCUT2D eigenvalue weighted by Gasteiger charge is -2.15. The molecule has 7 heteroatoms. The Bertz CT molecular complexity index is 907. The number of hydrogen-bond acceptors (Lipinski definition) is 5. The van der Waals surface area contributed by atoms with E-state index < -0.39 is 0 Å². The summed E-state index contributed by atoms with van der Waals surface area (Å²) >= 11 is 3.50. The van der Waals surface area contributed by atoms with Crippen LogP contribution in [0.4, 0.5) is 0 Å². The van der Waals surface area contributed by atoms with Crippen LogP contribution in [0.15, 0.2) is 40.9 Å². The highest BCUT2D eigenvalue weighted by atomic mass is 79.9. The molecule has 0 unspecified atom stereocenters. The molecule has 0 saturated carbocycles. The number of esters is 1. The van der Waals surface area contributed by atoms with Crippen molar-refractivity contribution in [3.63, 3.8) is 0 Å². The number of halogens is 1. The van der Waals surface area contributed by atoms with Gasteiger partial charge in [-0.25, -0.2) is 0 Å². The van der Waals surface area contributed by atoms with Crippen molar-refractivity contribution >= 4 is 27.8 Å². The molecule has 1 amide bonds. The third-order valence-corrected chi connectivity index (χ3v) is 5.78. The maximum Gasteiger partial charge on any atom is 0.310 e. The standard InChI is InChI=1S/C24H28BrNO5/c1-3-29-21-13-19(20(25)15-22(21)30-4-2)14-23(27)31-16-17-7-9-18(10-8-17)24(28)26-11-5-6-12-26/h7-10,13,15H,3-6,11-12,14,16H2,1-2H3. The maximum absolute atomic E-state index is 12.4. The van der Waals surface area contributed by atoms with E-state index in [-0.39, 0.29) is 24.9 Å². The van der Waals surface area contributed by atoms with Crippen LogP contribution in [-0.2, 0) is 22.6 Å². The Morgan fingerprint density at radius 2 is 1.58 bits per heavy atom. The second-order valence-corrected chi connectivity index (χ2v) is 8.14. The van der Waals surface area contributed by atoms with Crippen molar-refractivity contribution in [2.45, 2.75) is 39.7 Å². The van der Waals surface area contributed by atoms with Crippen LogP contribution in [0.1, 0.15) is 48.2 Å². The zero-order valence-corrected chi connectivity index (χ0v) is 19.6. The van der Waals surface area contributed by atoms with Gasteiger partial charge in [0.15, 0.2) is 11.5 Å². The van der Waals surface area contributed by atoms with Crippen molar-refractivity contribution < 1.29 is 23.8 Å². The van der Waals surface area contributed by atoms with Crippen LogP contribution in [0.25, 0.3) is 0 Å². The molecule has 166 valence electrons. The number of carbonyl (C=O) groups is 2. The van der Waals surface area contributed by atoms with Gasteiger partial charge >= 0.3 is 5.97 Å². The number of amides is 1. The van der Waals surface area contributed by atoms with E-state index in [0.717, 1.165) is 41.5 Å². The van der Waals surface area contributed by atoms with Gasteiger partial charge in [-0.3, -0.25) is 9.59 Å². The van der Waals surface area contributed by atoms with E-state index in [4.69, 9.17) is 14.2 Å². The molecule has 0 atom stereocenters. The molecule has 1 heterocycles. The smallest absolute Gasteiger partial charge is 0.310 e. The average molecular weight is 490 g/mol. The zero-order chi connectivity index (χ0) is 22.2. The van der Waals surface area contributed by atoms with Crippen molar-refractivity contribution in [2.75, 3.05) is 26.3 Å². The van der Waals surface area contributed by atoms with Crippen LogP contribution in [0.5, 0.6) is 11.5 Å². The summed E-state index contributed by atoms with van der Waals surface area (Å²) in [5.74, 6) is 0.960. The minimum Gasteiger partial charge on any atom is -0.490 e. The number of likely N-dealkylation sites (tertiary alicyclic amines) is 1. The molecule has 0 radical (unpaired) electrons. The van der Waals surface area contributed by atoms with E-state index in [2.05, 4.69) is 15.9 Å². The number of rotatable bonds is 9. The van der Waals surface area contributed by atoms with Gasteiger partial charge in [-0.1, -0.05) is 28.1 Å². The van der Waals surface area contributed by atoms with Crippen LogP contribution in [0, 0.1) is 0 Å². The maximum atomic E-state index is 12.4. The minimum absolute atomic E-state index is 0.0616. The number of nitrogens with zero attached hydrogens (tertiary/aromatic N) is 1. The molecule has 1 saturated heterocycles. The van der Waals surface area contributed by atoms with Crippen molar-refractivity contribution in [1.29, 1.82) is 0 Å². The van der Waals surface area contributed by atoms with Gasteiger partial charge in [-0.2, -0.15) is 0 Å². The molecular weight excluding hydrogens is 462 g/mol. The molecular formula is C24H28BrNO5. The Hall–Kier alpha value is -2.54. The normalized spacial score (nSPS) is 13.2. The Balaban J connectivity index is 1.57. The highest BCUT2D eigenvalue weighted by molar-refractivity contribution is 9.10. The molecule has 1 aliphatic heterocycles. The first-order valence-corrected chi connectivity index (χ1v) is 11.4. The minimum atomic E-state index is -0.343. The van der Waals surface area contributed by atoms with Gasteiger partial charge in [0.1, 0.15) is 6.61 Å². The van der Waals surface area contributed by atoms with Crippen molar-refractivity contribution in [1.82, 2.24) is 4.90 Å². The van der Waals surface area contributed by atoms with Crippen LogP contribution in [-0.4, -0.2) is 43.1 Å². The summed E-state index contributed by atoms with van der Waals surface area (Å²) in [7, 11) is 0. The summed E-state index contributed by atoms with van der Waals surface area (Å²) in [6.45, 7) is 6.64. The van der Waals surface area contributed by atoms with E-state index in [1.165, 1.54) is 0 Å². The van der Waals surface area contributed by atoms with Gasteiger partial charge < -0.3 is 19.1 Å². The lowest BCUT2D eigenvalue weighted by Crippen LogP contribution is -2.27. The molecule has 0 spiro atoms. The van der Waals surface area contributed by atoms with E-state index in [9.17, 15) is 9.59 Å². The second kappa shape index (κ2) is 11.2. The third kappa shape index (κ3) is 6.23. The molecule has 0 N–H and O–H groups in total. The molecule has 0 bridgehead atoms.